The maximum Gasteiger partial charge on any atom is 0.203 e. The highest BCUT2D eigenvalue weighted by Crippen LogP contribution is 2.35. The highest BCUT2D eigenvalue weighted by molar-refractivity contribution is 5.62. The van der Waals surface area contributed by atoms with Crippen molar-refractivity contribution in [3.8, 4) is 0 Å². The van der Waals surface area contributed by atoms with Gasteiger partial charge < -0.3 is 10.1 Å². The lowest BCUT2D eigenvalue weighted by Crippen LogP contribution is -2.31. The van der Waals surface area contributed by atoms with Gasteiger partial charge in [0.15, 0.2) is 5.82 Å². The molecule has 4 rings (SSSR count). The Hall–Kier alpha value is -1.69. The van der Waals surface area contributed by atoms with Crippen molar-refractivity contribution in [1.29, 1.82) is 0 Å². The molecular formula is C11H13N5O. The second-order valence-electron chi connectivity index (χ2n) is 4.70. The second-order valence-corrected chi connectivity index (χ2v) is 4.70. The zero-order chi connectivity index (χ0) is 11.2. The van der Waals surface area contributed by atoms with Gasteiger partial charge in [0.2, 0.25) is 5.65 Å². The van der Waals surface area contributed by atoms with Gasteiger partial charge in [-0.15, -0.1) is 10.2 Å². The van der Waals surface area contributed by atoms with E-state index < -0.39 is 0 Å². The van der Waals surface area contributed by atoms with Crippen LogP contribution in [0.5, 0.6) is 0 Å². The van der Waals surface area contributed by atoms with Crippen molar-refractivity contribution in [2.24, 2.45) is 0 Å². The number of anilines is 1. The van der Waals surface area contributed by atoms with Gasteiger partial charge >= 0.3 is 0 Å². The molecule has 2 fully saturated rings. The van der Waals surface area contributed by atoms with Crippen molar-refractivity contribution in [1.82, 2.24) is 19.6 Å². The Kier molecular flexibility index (Phi) is 1.87. The Morgan fingerprint density at radius 2 is 2.41 bits per heavy atom. The molecule has 3 atom stereocenters. The molecular weight excluding hydrogens is 218 g/mol. The number of nitrogens with zero attached hydrogens (tertiary/aromatic N) is 4. The molecule has 3 unspecified atom stereocenters. The van der Waals surface area contributed by atoms with E-state index in [4.69, 9.17) is 4.74 Å². The number of hydrogen-bond acceptors (Lipinski definition) is 5. The summed E-state index contributed by atoms with van der Waals surface area (Å²) in [6.45, 7) is 0. The van der Waals surface area contributed by atoms with E-state index in [1.54, 1.807) is 12.5 Å². The molecule has 6 nitrogen and oxygen atoms in total. The Morgan fingerprint density at radius 3 is 3.24 bits per heavy atom. The van der Waals surface area contributed by atoms with E-state index >= 15 is 0 Å². The van der Waals surface area contributed by atoms with Crippen LogP contribution in [0.15, 0.2) is 18.7 Å². The van der Waals surface area contributed by atoms with E-state index in [0.29, 0.717) is 18.2 Å². The number of hydrogen-bond donors (Lipinski definition) is 1. The van der Waals surface area contributed by atoms with Crippen molar-refractivity contribution >= 4 is 11.5 Å². The van der Waals surface area contributed by atoms with E-state index in [0.717, 1.165) is 24.3 Å². The normalized spacial score (nSPS) is 31.2. The third kappa shape index (κ3) is 1.40. The minimum Gasteiger partial charge on any atom is -0.373 e. The molecule has 0 aliphatic carbocycles. The molecule has 2 aromatic heterocycles. The summed E-state index contributed by atoms with van der Waals surface area (Å²) in [5, 5.41) is 11.4. The van der Waals surface area contributed by atoms with Crippen LogP contribution in [0.3, 0.4) is 0 Å². The van der Waals surface area contributed by atoms with Gasteiger partial charge in [-0.3, -0.25) is 4.40 Å². The standard InChI is InChI=1S/C11H13N5O/c1-2-9-8(5-7(1)17-9)14-10-11-15-13-6-16(11)4-3-12-10/h3-4,6-9H,1-2,5H2,(H,12,14). The highest BCUT2D eigenvalue weighted by atomic mass is 16.5. The summed E-state index contributed by atoms with van der Waals surface area (Å²) in [6.07, 6.45) is 9.48. The third-order valence-electron chi connectivity index (χ3n) is 3.64. The van der Waals surface area contributed by atoms with Gasteiger partial charge in [-0.2, -0.15) is 0 Å². The molecule has 2 bridgehead atoms. The number of fused-ring (bicyclic) bond motifs is 3. The molecule has 2 aliphatic rings. The molecule has 6 heteroatoms. The molecule has 2 aliphatic heterocycles. The highest BCUT2D eigenvalue weighted by Gasteiger charge is 2.41. The van der Waals surface area contributed by atoms with Gasteiger partial charge in [-0.25, -0.2) is 4.98 Å². The second kappa shape index (κ2) is 3.40. The third-order valence-corrected chi connectivity index (χ3v) is 3.64. The zero-order valence-corrected chi connectivity index (χ0v) is 9.28. The predicted molar refractivity (Wildman–Crippen MR) is 60.7 cm³/mol. The smallest absolute Gasteiger partial charge is 0.203 e. The average Bonchev–Trinajstić information content (AvgIpc) is 3.04. The topological polar surface area (TPSA) is 64.3 Å². The Bertz CT molecular complexity index is 554. The molecule has 0 spiro atoms. The van der Waals surface area contributed by atoms with Crippen molar-refractivity contribution in [3.05, 3.63) is 18.7 Å². The van der Waals surface area contributed by atoms with Gasteiger partial charge in [-0.1, -0.05) is 0 Å². The van der Waals surface area contributed by atoms with Crippen LogP contribution in [0.2, 0.25) is 0 Å². The first-order chi connectivity index (χ1) is 8.40. The summed E-state index contributed by atoms with van der Waals surface area (Å²) < 4.78 is 7.68. The van der Waals surface area contributed by atoms with E-state index in [1.165, 1.54) is 6.42 Å². The summed E-state index contributed by atoms with van der Waals surface area (Å²) in [5.74, 6) is 0.797. The fraction of sp³-hybridized carbons (Fsp3) is 0.545. The van der Waals surface area contributed by atoms with Crippen molar-refractivity contribution in [2.75, 3.05) is 5.32 Å². The predicted octanol–water partition coefficient (Wildman–Crippen LogP) is 0.856. The van der Waals surface area contributed by atoms with E-state index in [9.17, 15) is 0 Å². The van der Waals surface area contributed by atoms with Crippen molar-refractivity contribution in [2.45, 2.75) is 37.5 Å². The molecule has 0 saturated carbocycles. The van der Waals surface area contributed by atoms with Gasteiger partial charge in [-0.05, 0) is 19.3 Å². The summed E-state index contributed by atoms with van der Waals surface area (Å²) in [6, 6.07) is 0.365. The van der Waals surface area contributed by atoms with Gasteiger partial charge in [0.25, 0.3) is 0 Å². The Balaban J connectivity index is 1.65. The van der Waals surface area contributed by atoms with Crippen molar-refractivity contribution < 1.29 is 4.74 Å². The van der Waals surface area contributed by atoms with Crippen molar-refractivity contribution in [3.63, 3.8) is 0 Å². The van der Waals surface area contributed by atoms with E-state index in [2.05, 4.69) is 20.5 Å². The number of rotatable bonds is 2. The zero-order valence-electron chi connectivity index (χ0n) is 9.28. The summed E-state index contributed by atoms with van der Waals surface area (Å²) in [5.41, 5.74) is 0.773. The fourth-order valence-corrected chi connectivity index (χ4v) is 2.83. The maximum absolute atomic E-state index is 5.82. The van der Waals surface area contributed by atoms with Gasteiger partial charge in [0.05, 0.1) is 18.2 Å². The fourth-order valence-electron chi connectivity index (χ4n) is 2.83. The van der Waals surface area contributed by atoms with Crippen LogP contribution in [-0.4, -0.2) is 37.8 Å². The van der Waals surface area contributed by atoms with E-state index in [-0.39, 0.29) is 0 Å². The van der Waals surface area contributed by atoms with Crippen LogP contribution in [0, 0.1) is 0 Å². The first kappa shape index (κ1) is 9.35. The first-order valence-corrected chi connectivity index (χ1v) is 5.96. The SMILES string of the molecule is c1cn2cnnc2c(NC2CC3CCC2O3)n1. The molecule has 2 aromatic rings. The molecule has 17 heavy (non-hydrogen) atoms. The van der Waals surface area contributed by atoms with Gasteiger partial charge in [0, 0.05) is 12.4 Å². The van der Waals surface area contributed by atoms with Crippen LogP contribution in [0.4, 0.5) is 5.82 Å². The van der Waals surface area contributed by atoms with Crippen LogP contribution in [0.25, 0.3) is 5.65 Å². The molecule has 2 saturated heterocycles. The lowest BCUT2D eigenvalue weighted by molar-refractivity contribution is 0.102. The van der Waals surface area contributed by atoms with E-state index in [1.807, 2.05) is 10.6 Å². The molecule has 0 aromatic carbocycles. The number of nitrogens with one attached hydrogen (secondary N) is 1. The Labute approximate surface area is 98.0 Å². The summed E-state index contributed by atoms with van der Waals surface area (Å²) >= 11 is 0. The lowest BCUT2D eigenvalue weighted by Gasteiger charge is -2.20. The van der Waals surface area contributed by atoms with Crippen LogP contribution < -0.4 is 5.32 Å². The monoisotopic (exact) mass is 231 g/mol. The first-order valence-electron chi connectivity index (χ1n) is 5.96. The molecule has 0 radical (unpaired) electrons. The minimum absolute atomic E-state index is 0.338. The minimum atomic E-state index is 0.338. The largest absolute Gasteiger partial charge is 0.373 e. The average molecular weight is 231 g/mol. The molecule has 4 heterocycles. The number of ether oxygens (including phenoxy) is 1. The number of aromatic nitrogens is 4. The summed E-state index contributed by atoms with van der Waals surface area (Å²) in [7, 11) is 0. The quantitative estimate of drug-likeness (QED) is 0.830. The lowest BCUT2D eigenvalue weighted by atomic mass is 9.95. The van der Waals surface area contributed by atoms with Crippen LogP contribution in [0.1, 0.15) is 19.3 Å². The Morgan fingerprint density at radius 1 is 1.41 bits per heavy atom. The van der Waals surface area contributed by atoms with Crippen LogP contribution >= 0.6 is 0 Å². The van der Waals surface area contributed by atoms with Crippen LogP contribution in [-0.2, 0) is 4.74 Å². The molecule has 1 N–H and O–H groups in total. The summed E-state index contributed by atoms with van der Waals surface area (Å²) in [4.78, 5) is 4.34. The molecule has 0 amide bonds. The maximum atomic E-state index is 5.82. The van der Waals surface area contributed by atoms with Gasteiger partial charge in [0.1, 0.15) is 6.33 Å². The molecule has 88 valence electrons.